The summed E-state index contributed by atoms with van der Waals surface area (Å²) in [6.45, 7) is 17.1. The molecule has 0 saturated carbocycles. The van der Waals surface area contributed by atoms with Crippen molar-refractivity contribution in [2.45, 2.75) is 97.2 Å². The zero-order chi connectivity index (χ0) is 44.6. The van der Waals surface area contributed by atoms with Crippen molar-refractivity contribution in [3.05, 3.63) is 90.3 Å². The molecule has 4 aromatic rings. The normalized spacial score (nSPS) is 23.8. The van der Waals surface area contributed by atoms with Crippen molar-refractivity contribution in [1.82, 2.24) is 35.1 Å². The van der Waals surface area contributed by atoms with E-state index in [1.165, 1.54) is 11.1 Å². The number of hydrazine groups is 1. The van der Waals surface area contributed by atoms with Gasteiger partial charge in [-0.25, -0.2) is 5.43 Å². The van der Waals surface area contributed by atoms with E-state index in [1.54, 1.807) is 18.2 Å². The van der Waals surface area contributed by atoms with Gasteiger partial charge in [0.2, 0.25) is 11.8 Å². The molecule has 334 valence electrons. The Bertz CT molecular complexity index is 2390. The number of pyridine rings is 1. The van der Waals surface area contributed by atoms with Crippen LogP contribution >= 0.6 is 0 Å². The predicted octanol–water partition coefficient (Wildman–Crippen LogP) is 5.44. The summed E-state index contributed by atoms with van der Waals surface area (Å²) in [5.41, 5.74) is 10.7. The molecule has 0 aliphatic carbocycles. The van der Waals surface area contributed by atoms with Crippen molar-refractivity contribution in [3.63, 3.8) is 0 Å². The summed E-state index contributed by atoms with van der Waals surface area (Å²) in [6.07, 6.45) is 4.38. The zero-order valence-electron chi connectivity index (χ0n) is 37.4. The molecule has 2 N–H and O–H groups in total. The molecule has 6 heterocycles. The van der Waals surface area contributed by atoms with Crippen molar-refractivity contribution in [2.24, 2.45) is 11.3 Å². The summed E-state index contributed by atoms with van der Waals surface area (Å²) >= 11 is 0. The van der Waals surface area contributed by atoms with Crippen molar-refractivity contribution in [1.29, 1.82) is 0 Å². The fourth-order valence-electron chi connectivity index (χ4n) is 9.80. The fraction of sp³-hybridized carbons (Fsp3) is 0.490. The molecule has 6 bridgehead atoms. The standard InChI is InChI=1S/C49H61N7O7/c1-8-42(57)53-25-33(26-53)27-54-29-63-31(4)44(54)46(58)51-40-22-32-13-10-14-34(21-32)35-17-18-41-37(23-35)38(45(55(41)9-2)36-15-11-19-50-43(36)30(3)61-7)24-49(5,6)28-62-48(60)39-16-12-20-56(52-39)47(40)59/h8,10-11,13-15,17-19,21,23,30-31,33,39-40,44,52H,1,9,12,16,20,22,24-29H2,2-7H3,(H,51,58)/t30-,31+,39-,40-,44-/m0/s1. The van der Waals surface area contributed by atoms with Gasteiger partial charge in [-0.2, -0.15) is 0 Å². The second kappa shape index (κ2) is 18.4. The summed E-state index contributed by atoms with van der Waals surface area (Å²) < 4.78 is 20.3. The molecular weight excluding hydrogens is 799 g/mol. The average molecular weight is 860 g/mol. The first kappa shape index (κ1) is 44.2. The number of methoxy groups -OCH3 is 1. The van der Waals surface area contributed by atoms with E-state index in [4.69, 9.17) is 19.2 Å². The van der Waals surface area contributed by atoms with Crippen LogP contribution in [0.2, 0.25) is 0 Å². The number of nitrogens with one attached hydrogen (secondary N) is 2. The molecule has 0 spiro atoms. The second-order valence-electron chi connectivity index (χ2n) is 18.4. The number of aromatic nitrogens is 2. The first-order valence-electron chi connectivity index (χ1n) is 22.3. The quantitative estimate of drug-likeness (QED) is 0.165. The van der Waals surface area contributed by atoms with Crippen LogP contribution in [-0.2, 0) is 52.8 Å². The van der Waals surface area contributed by atoms with Gasteiger partial charge in [-0.15, -0.1) is 0 Å². The van der Waals surface area contributed by atoms with E-state index in [9.17, 15) is 19.2 Å². The molecular formula is C49H61N7O7. The summed E-state index contributed by atoms with van der Waals surface area (Å²) in [7, 11) is 1.70. The largest absolute Gasteiger partial charge is 0.464 e. The summed E-state index contributed by atoms with van der Waals surface area (Å²) in [5, 5.41) is 5.71. The first-order valence-corrected chi connectivity index (χ1v) is 22.3. The molecule has 63 heavy (non-hydrogen) atoms. The van der Waals surface area contributed by atoms with Gasteiger partial charge in [-0.05, 0) is 92.6 Å². The lowest BCUT2D eigenvalue weighted by atomic mass is 9.84. The second-order valence-corrected chi connectivity index (χ2v) is 18.4. The van der Waals surface area contributed by atoms with E-state index in [-0.39, 0.29) is 49.5 Å². The number of hydrogen-bond donors (Lipinski definition) is 2. The third-order valence-corrected chi connectivity index (χ3v) is 13.2. The summed E-state index contributed by atoms with van der Waals surface area (Å²) in [4.78, 5) is 63.5. The number of amides is 3. The third-order valence-electron chi connectivity index (χ3n) is 13.2. The topological polar surface area (TPSA) is 148 Å². The zero-order valence-corrected chi connectivity index (χ0v) is 37.4. The lowest BCUT2D eigenvalue weighted by Gasteiger charge is -2.41. The highest BCUT2D eigenvalue weighted by Gasteiger charge is 2.43. The number of likely N-dealkylation sites (tertiary alicyclic amines) is 1. The van der Waals surface area contributed by atoms with Crippen molar-refractivity contribution >= 4 is 34.6 Å². The van der Waals surface area contributed by atoms with Gasteiger partial charge >= 0.3 is 5.97 Å². The number of cyclic esters (lactones) is 1. The number of fused-ring (bicyclic) bond motifs is 6. The van der Waals surface area contributed by atoms with Gasteiger partial charge in [-0.3, -0.25) is 34.1 Å². The van der Waals surface area contributed by atoms with Crippen LogP contribution in [0.25, 0.3) is 33.3 Å². The maximum absolute atomic E-state index is 14.6. The van der Waals surface area contributed by atoms with Crippen LogP contribution in [0.4, 0.5) is 0 Å². The molecule has 3 saturated heterocycles. The summed E-state index contributed by atoms with van der Waals surface area (Å²) in [6, 6.07) is 16.5. The number of benzene rings is 2. The molecule has 4 aliphatic rings. The highest BCUT2D eigenvalue weighted by atomic mass is 16.5. The molecule has 0 radical (unpaired) electrons. The Hall–Kier alpha value is -5.41. The molecule has 2 aromatic heterocycles. The monoisotopic (exact) mass is 859 g/mol. The average Bonchev–Trinajstić information content (AvgIpc) is 3.80. The Balaban J connectivity index is 1.17. The Morgan fingerprint density at radius 3 is 2.67 bits per heavy atom. The van der Waals surface area contributed by atoms with Crippen LogP contribution in [-0.4, -0.2) is 119 Å². The van der Waals surface area contributed by atoms with Crippen LogP contribution in [0.1, 0.15) is 70.4 Å². The molecule has 5 atom stereocenters. The maximum atomic E-state index is 14.6. The lowest BCUT2D eigenvalue weighted by molar-refractivity contribution is -0.155. The molecule has 0 unspecified atom stereocenters. The van der Waals surface area contributed by atoms with E-state index in [1.807, 2.05) is 36.9 Å². The van der Waals surface area contributed by atoms with Gasteiger partial charge < -0.3 is 29.0 Å². The van der Waals surface area contributed by atoms with E-state index in [0.29, 0.717) is 45.4 Å². The first-order chi connectivity index (χ1) is 30.3. The van der Waals surface area contributed by atoms with E-state index >= 15 is 0 Å². The SMILES string of the molecule is C=CC(=O)N1CC(CN2CO[C@H](C)[C@H]2C(=O)N[C@H]2Cc3cccc(c3)-c3ccc4c(c3)c(c(-c3cccnc3[C@H](C)OC)n4CC)CC(C)(C)COC(=O)[C@@H]3CCCN(N3)C2=O)C1. The van der Waals surface area contributed by atoms with Crippen LogP contribution in [0, 0.1) is 11.3 Å². The minimum atomic E-state index is -0.953. The number of rotatable bonds is 9. The molecule has 4 aliphatic heterocycles. The molecule has 14 heteroatoms. The smallest absolute Gasteiger partial charge is 0.324 e. The predicted molar refractivity (Wildman–Crippen MR) is 240 cm³/mol. The number of esters is 1. The Kier molecular flexibility index (Phi) is 12.9. The Morgan fingerprint density at radius 2 is 1.90 bits per heavy atom. The minimum Gasteiger partial charge on any atom is -0.464 e. The number of carbonyl (C=O) groups excluding carboxylic acids is 4. The van der Waals surface area contributed by atoms with Crippen molar-refractivity contribution in [3.8, 4) is 22.4 Å². The number of carbonyl (C=O) groups is 4. The molecule has 3 amide bonds. The lowest BCUT2D eigenvalue weighted by Crippen LogP contribution is -2.62. The number of nitrogens with zero attached hydrogens (tertiary/aromatic N) is 5. The van der Waals surface area contributed by atoms with Crippen molar-refractivity contribution in [2.75, 3.05) is 46.6 Å². The highest BCUT2D eigenvalue weighted by molar-refractivity contribution is 5.96. The number of hydrogen-bond acceptors (Lipinski definition) is 10. The van der Waals surface area contributed by atoms with Gasteiger partial charge in [0.1, 0.15) is 24.9 Å². The van der Waals surface area contributed by atoms with E-state index < -0.39 is 35.6 Å². The van der Waals surface area contributed by atoms with Crippen LogP contribution in [0.5, 0.6) is 0 Å². The molecule has 2 aromatic carbocycles. The van der Waals surface area contributed by atoms with Gasteiger partial charge in [0.15, 0.2) is 0 Å². The molecule has 14 nitrogen and oxygen atoms in total. The summed E-state index contributed by atoms with van der Waals surface area (Å²) in [5.74, 6) is -0.980. The van der Waals surface area contributed by atoms with Gasteiger partial charge in [0.25, 0.3) is 5.91 Å². The maximum Gasteiger partial charge on any atom is 0.324 e. The van der Waals surface area contributed by atoms with Gasteiger partial charge in [0.05, 0.1) is 30.2 Å². The molecule has 8 rings (SSSR count). The highest BCUT2D eigenvalue weighted by Crippen LogP contribution is 2.42. The van der Waals surface area contributed by atoms with Crippen molar-refractivity contribution < 1.29 is 33.4 Å². The number of aryl methyl sites for hydroxylation is 1. The fourth-order valence-corrected chi connectivity index (χ4v) is 9.80. The van der Waals surface area contributed by atoms with Crippen LogP contribution in [0.15, 0.2) is 73.4 Å². The van der Waals surface area contributed by atoms with E-state index in [0.717, 1.165) is 56.7 Å². The van der Waals surface area contributed by atoms with Gasteiger partial charge in [-0.1, -0.05) is 50.8 Å². The van der Waals surface area contributed by atoms with E-state index in [2.05, 4.69) is 79.1 Å². The van der Waals surface area contributed by atoms with Gasteiger partial charge in [0, 0.05) is 80.3 Å². The number of ether oxygens (including phenoxy) is 3. The third kappa shape index (κ3) is 9.04. The Morgan fingerprint density at radius 1 is 1.11 bits per heavy atom. The minimum absolute atomic E-state index is 0.103. The van der Waals surface area contributed by atoms with Crippen LogP contribution in [0.3, 0.4) is 0 Å². The Labute approximate surface area is 369 Å². The molecule has 3 fully saturated rings. The van der Waals surface area contributed by atoms with Crippen LogP contribution < -0.4 is 10.7 Å².